The largest absolute Gasteiger partial charge is 0.367 e. The van der Waals surface area contributed by atoms with Gasteiger partial charge in [-0.1, -0.05) is 27.7 Å². The molecule has 2 atom stereocenters. The molecule has 17 heavy (non-hydrogen) atoms. The zero-order valence-corrected chi connectivity index (χ0v) is 11.5. The van der Waals surface area contributed by atoms with E-state index in [4.69, 9.17) is 5.10 Å². The monoisotopic (exact) mass is 235 g/mol. The highest BCUT2D eigenvalue weighted by Crippen LogP contribution is 2.31. The van der Waals surface area contributed by atoms with Crippen molar-refractivity contribution in [2.24, 2.45) is 5.92 Å². The minimum absolute atomic E-state index is 0.581. The number of nitrogens with one attached hydrogen (secondary N) is 1. The molecule has 0 amide bonds. The lowest BCUT2D eigenvalue weighted by Gasteiger charge is -2.31. The van der Waals surface area contributed by atoms with Crippen LogP contribution < -0.4 is 5.32 Å². The van der Waals surface area contributed by atoms with Crippen LogP contribution in [-0.2, 0) is 6.42 Å². The first-order chi connectivity index (χ1) is 8.13. The zero-order chi connectivity index (χ0) is 12.4. The number of fused-ring (bicyclic) bond motifs is 1. The summed E-state index contributed by atoms with van der Waals surface area (Å²) >= 11 is 0. The third-order valence-corrected chi connectivity index (χ3v) is 3.62. The summed E-state index contributed by atoms with van der Waals surface area (Å²) in [6, 6.07) is 3.44. The predicted octanol–water partition coefficient (Wildman–Crippen LogP) is 3.63. The molecule has 0 fully saturated rings. The van der Waals surface area contributed by atoms with Crippen molar-refractivity contribution in [3.8, 4) is 0 Å². The van der Waals surface area contributed by atoms with E-state index in [9.17, 15) is 0 Å². The van der Waals surface area contributed by atoms with Crippen LogP contribution in [0.4, 0.5) is 5.82 Å². The van der Waals surface area contributed by atoms with Crippen LogP contribution in [-0.4, -0.2) is 15.8 Å². The van der Waals surface area contributed by atoms with E-state index in [1.54, 1.807) is 0 Å². The van der Waals surface area contributed by atoms with Crippen LogP contribution in [0.5, 0.6) is 0 Å². The molecule has 1 aliphatic heterocycles. The normalized spacial score (nSPS) is 23.6. The van der Waals surface area contributed by atoms with Gasteiger partial charge in [-0.05, 0) is 31.6 Å². The Morgan fingerprint density at radius 2 is 2.18 bits per heavy atom. The van der Waals surface area contributed by atoms with Crippen molar-refractivity contribution in [3.05, 3.63) is 11.8 Å². The van der Waals surface area contributed by atoms with Crippen LogP contribution in [0.2, 0.25) is 0 Å². The molecular weight excluding hydrogens is 210 g/mol. The topological polar surface area (TPSA) is 29.9 Å². The minimum atomic E-state index is 0.581. The van der Waals surface area contributed by atoms with Crippen molar-refractivity contribution >= 4 is 5.82 Å². The summed E-state index contributed by atoms with van der Waals surface area (Å²) in [5, 5.41) is 8.37. The maximum Gasteiger partial charge on any atom is 0.125 e. The Kier molecular flexibility index (Phi) is 3.75. The van der Waals surface area contributed by atoms with Crippen LogP contribution in [0.3, 0.4) is 0 Å². The van der Waals surface area contributed by atoms with Gasteiger partial charge in [-0.25, -0.2) is 4.68 Å². The fourth-order valence-electron chi connectivity index (χ4n) is 2.65. The number of hydrogen-bond acceptors (Lipinski definition) is 2. The van der Waals surface area contributed by atoms with Gasteiger partial charge in [0.05, 0.1) is 11.7 Å². The van der Waals surface area contributed by atoms with E-state index in [0.717, 1.165) is 6.42 Å². The van der Waals surface area contributed by atoms with E-state index in [2.05, 4.69) is 43.8 Å². The fraction of sp³-hybridized carbons (Fsp3) is 0.786. The standard InChI is InChI=1S/C14H25N3/c1-5-11-8-13(6-2)17-14(15-11)9-12(16-17)7-10(3)4/h9-11,13,15H,5-8H2,1-4H3. The summed E-state index contributed by atoms with van der Waals surface area (Å²) < 4.78 is 2.21. The van der Waals surface area contributed by atoms with Gasteiger partial charge in [-0.3, -0.25) is 0 Å². The minimum Gasteiger partial charge on any atom is -0.367 e. The number of nitrogens with zero attached hydrogens (tertiary/aromatic N) is 2. The Morgan fingerprint density at radius 3 is 2.76 bits per heavy atom. The van der Waals surface area contributed by atoms with Crippen molar-refractivity contribution in [1.82, 2.24) is 9.78 Å². The summed E-state index contributed by atoms with van der Waals surface area (Å²) in [6.07, 6.45) is 4.66. The predicted molar refractivity (Wildman–Crippen MR) is 72.4 cm³/mol. The molecule has 1 aromatic rings. The Morgan fingerprint density at radius 1 is 1.41 bits per heavy atom. The Hall–Kier alpha value is -0.990. The average molecular weight is 235 g/mol. The first-order valence-electron chi connectivity index (χ1n) is 6.99. The summed E-state index contributed by atoms with van der Waals surface area (Å²) in [6.45, 7) is 9.01. The maximum absolute atomic E-state index is 4.77. The van der Waals surface area contributed by atoms with E-state index in [1.807, 2.05) is 0 Å². The SMILES string of the molecule is CCC1CC(CC)n2nc(CC(C)C)cc2N1. The van der Waals surface area contributed by atoms with Gasteiger partial charge in [0.2, 0.25) is 0 Å². The summed E-state index contributed by atoms with van der Waals surface area (Å²) in [7, 11) is 0. The molecule has 0 aromatic carbocycles. The van der Waals surface area contributed by atoms with Gasteiger partial charge in [0.15, 0.2) is 0 Å². The molecule has 0 aliphatic carbocycles. The van der Waals surface area contributed by atoms with Gasteiger partial charge >= 0.3 is 0 Å². The van der Waals surface area contributed by atoms with Gasteiger partial charge in [-0.15, -0.1) is 0 Å². The van der Waals surface area contributed by atoms with E-state index < -0.39 is 0 Å². The Labute approximate surface area is 105 Å². The highest BCUT2D eigenvalue weighted by molar-refractivity contribution is 5.40. The third kappa shape index (κ3) is 2.64. The van der Waals surface area contributed by atoms with Crippen molar-refractivity contribution in [1.29, 1.82) is 0 Å². The molecule has 0 saturated heterocycles. The van der Waals surface area contributed by atoms with E-state index in [0.29, 0.717) is 18.0 Å². The smallest absolute Gasteiger partial charge is 0.125 e. The highest BCUT2D eigenvalue weighted by Gasteiger charge is 2.25. The van der Waals surface area contributed by atoms with Crippen molar-refractivity contribution in [2.75, 3.05) is 5.32 Å². The van der Waals surface area contributed by atoms with E-state index in [1.165, 1.54) is 30.8 Å². The number of rotatable bonds is 4. The number of aromatic nitrogens is 2. The molecular formula is C14H25N3. The zero-order valence-electron chi connectivity index (χ0n) is 11.5. The lowest BCUT2D eigenvalue weighted by atomic mass is 10.0. The first kappa shape index (κ1) is 12.5. The maximum atomic E-state index is 4.77. The quantitative estimate of drug-likeness (QED) is 0.863. The lowest BCUT2D eigenvalue weighted by molar-refractivity contribution is 0.360. The van der Waals surface area contributed by atoms with Gasteiger partial charge in [0.1, 0.15) is 5.82 Å². The van der Waals surface area contributed by atoms with Crippen LogP contribution >= 0.6 is 0 Å². The molecule has 0 saturated carbocycles. The molecule has 0 spiro atoms. The van der Waals surface area contributed by atoms with E-state index >= 15 is 0 Å². The second-order valence-corrected chi connectivity index (χ2v) is 5.61. The molecule has 3 nitrogen and oxygen atoms in total. The number of hydrogen-bond donors (Lipinski definition) is 1. The Bertz CT molecular complexity index is 368. The van der Waals surface area contributed by atoms with Gasteiger partial charge in [0.25, 0.3) is 0 Å². The van der Waals surface area contributed by atoms with Crippen LogP contribution in [0.1, 0.15) is 58.7 Å². The lowest BCUT2D eigenvalue weighted by Crippen LogP contribution is -2.31. The molecule has 3 heteroatoms. The van der Waals surface area contributed by atoms with Crippen molar-refractivity contribution in [3.63, 3.8) is 0 Å². The van der Waals surface area contributed by atoms with Gasteiger partial charge < -0.3 is 5.32 Å². The third-order valence-electron chi connectivity index (χ3n) is 3.62. The molecule has 0 radical (unpaired) electrons. The number of anilines is 1. The van der Waals surface area contributed by atoms with Gasteiger partial charge in [-0.2, -0.15) is 5.10 Å². The van der Waals surface area contributed by atoms with Crippen LogP contribution in [0, 0.1) is 5.92 Å². The first-order valence-corrected chi connectivity index (χ1v) is 6.99. The molecule has 0 bridgehead atoms. The highest BCUT2D eigenvalue weighted by atomic mass is 15.4. The van der Waals surface area contributed by atoms with Crippen LogP contribution in [0.15, 0.2) is 6.07 Å². The Balaban J connectivity index is 2.22. The molecule has 2 heterocycles. The molecule has 1 aromatic heterocycles. The summed E-state index contributed by atoms with van der Waals surface area (Å²) in [5.41, 5.74) is 1.23. The molecule has 2 rings (SSSR count). The molecule has 2 unspecified atom stereocenters. The van der Waals surface area contributed by atoms with Gasteiger partial charge in [0, 0.05) is 12.1 Å². The fourth-order valence-corrected chi connectivity index (χ4v) is 2.65. The summed E-state index contributed by atoms with van der Waals surface area (Å²) in [4.78, 5) is 0. The molecule has 1 N–H and O–H groups in total. The van der Waals surface area contributed by atoms with Crippen LogP contribution in [0.25, 0.3) is 0 Å². The van der Waals surface area contributed by atoms with Crippen molar-refractivity contribution in [2.45, 2.75) is 65.5 Å². The average Bonchev–Trinajstić information content (AvgIpc) is 2.68. The summed E-state index contributed by atoms with van der Waals surface area (Å²) in [5.74, 6) is 1.90. The molecule has 1 aliphatic rings. The van der Waals surface area contributed by atoms with E-state index in [-0.39, 0.29) is 0 Å². The second kappa shape index (κ2) is 5.11. The molecule has 96 valence electrons. The second-order valence-electron chi connectivity index (χ2n) is 5.61. The van der Waals surface area contributed by atoms with Crippen molar-refractivity contribution < 1.29 is 0 Å².